The Bertz CT molecular complexity index is 767. The fraction of sp³-hybridized carbons (Fsp3) is 0.450. The van der Waals surface area contributed by atoms with Crippen LogP contribution >= 0.6 is 11.3 Å². The monoisotopic (exact) mass is 341 g/mol. The number of benzene rings is 1. The van der Waals surface area contributed by atoms with E-state index >= 15 is 0 Å². The zero-order valence-electron chi connectivity index (χ0n) is 14.2. The van der Waals surface area contributed by atoms with Crippen LogP contribution in [0.2, 0.25) is 0 Å². The number of hydrogen-bond donors (Lipinski definition) is 1. The van der Waals surface area contributed by atoms with Crippen molar-refractivity contribution in [2.24, 2.45) is 11.8 Å². The molecular formula is C20H23NO2S. The van der Waals surface area contributed by atoms with E-state index in [1.165, 1.54) is 17.7 Å². The van der Waals surface area contributed by atoms with Crippen LogP contribution in [0.3, 0.4) is 0 Å². The molecule has 3 nitrogen and oxygen atoms in total. The summed E-state index contributed by atoms with van der Waals surface area (Å²) in [5, 5.41) is 3.28. The van der Waals surface area contributed by atoms with Crippen LogP contribution in [-0.2, 0) is 6.61 Å². The molecule has 2 aromatic rings. The van der Waals surface area contributed by atoms with Crippen LogP contribution in [0.25, 0.3) is 10.4 Å². The minimum absolute atomic E-state index is 0.0674. The zero-order chi connectivity index (χ0) is 16.7. The lowest BCUT2D eigenvalue weighted by atomic mass is 9.78. The number of ether oxygens (including phenoxy) is 1. The predicted octanol–water partition coefficient (Wildman–Crippen LogP) is 4.86. The van der Waals surface area contributed by atoms with Crippen LogP contribution in [-0.4, -0.2) is 11.9 Å². The summed E-state index contributed by atoms with van der Waals surface area (Å²) in [7, 11) is 0. The minimum Gasteiger partial charge on any atom is -0.488 e. The number of nitrogens with one attached hydrogen (secondary N) is 1. The number of para-hydroxylation sites is 1. The van der Waals surface area contributed by atoms with Gasteiger partial charge in [0.25, 0.3) is 5.91 Å². The number of fused-ring (bicyclic) bond motifs is 3. The van der Waals surface area contributed by atoms with Crippen molar-refractivity contribution in [3.05, 3.63) is 40.8 Å². The number of carbonyl (C=O) groups is 1. The summed E-state index contributed by atoms with van der Waals surface area (Å²) < 4.78 is 5.80. The molecule has 1 aromatic heterocycles. The summed E-state index contributed by atoms with van der Waals surface area (Å²) in [6.07, 6.45) is 3.57. The van der Waals surface area contributed by atoms with Gasteiger partial charge >= 0.3 is 0 Å². The first-order valence-corrected chi connectivity index (χ1v) is 9.61. The Labute approximate surface area is 147 Å². The van der Waals surface area contributed by atoms with Crippen molar-refractivity contribution in [2.75, 3.05) is 0 Å². The summed E-state index contributed by atoms with van der Waals surface area (Å²) in [6.45, 7) is 5.10. The van der Waals surface area contributed by atoms with Crippen molar-refractivity contribution in [1.29, 1.82) is 0 Å². The molecule has 4 rings (SSSR count). The number of hydrogen-bond acceptors (Lipinski definition) is 3. The highest BCUT2D eigenvalue weighted by atomic mass is 32.1. The molecule has 1 fully saturated rings. The highest BCUT2D eigenvalue weighted by Gasteiger charge is 2.29. The van der Waals surface area contributed by atoms with Gasteiger partial charge in [-0.25, -0.2) is 0 Å². The molecule has 3 atom stereocenters. The van der Waals surface area contributed by atoms with E-state index in [1.54, 1.807) is 11.3 Å². The third kappa shape index (κ3) is 2.73. The van der Waals surface area contributed by atoms with E-state index in [9.17, 15) is 4.79 Å². The minimum atomic E-state index is 0.0674. The smallest absolute Gasteiger partial charge is 0.261 e. The highest BCUT2D eigenvalue weighted by molar-refractivity contribution is 7.17. The summed E-state index contributed by atoms with van der Waals surface area (Å²) in [6, 6.07) is 10.4. The van der Waals surface area contributed by atoms with E-state index in [4.69, 9.17) is 4.74 Å². The van der Waals surface area contributed by atoms with Gasteiger partial charge in [-0.15, -0.1) is 11.3 Å². The first-order chi connectivity index (χ1) is 11.6. The van der Waals surface area contributed by atoms with Gasteiger partial charge in [-0.2, -0.15) is 0 Å². The Kier molecular flexibility index (Phi) is 4.09. The molecule has 1 amide bonds. The van der Waals surface area contributed by atoms with Gasteiger partial charge in [-0.1, -0.05) is 38.8 Å². The number of carbonyl (C=O) groups excluding carboxylic acids is 1. The summed E-state index contributed by atoms with van der Waals surface area (Å²) in [5.41, 5.74) is 2.22. The molecule has 24 heavy (non-hydrogen) atoms. The van der Waals surface area contributed by atoms with Crippen LogP contribution in [0.4, 0.5) is 0 Å². The average molecular weight is 341 g/mol. The molecule has 1 aromatic carbocycles. The first-order valence-electron chi connectivity index (χ1n) is 8.79. The van der Waals surface area contributed by atoms with E-state index in [0.717, 1.165) is 28.2 Å². The molecular weight excluding hydrogens is 318 g/mol. The molecule has 1 aliphatic heterocycles. The van der Waals surface area contributed by atoms with Crippen LogP contribution < -0.4 is 10.1 Å². The van der Waals surface area contributed by atoms with Crippen LogP contribution in [0.15, 0.2) is 30.3 Å². The van der Waals surface area contributed by atoms with Crippen LogP contribution in [0.5, 0.6) is 5.75 Å². The first kappa shape index (κ1) is 15.7. The second-order valence-electron chi connectivity index (χ2n) is 7.10. The molecule has 126 valence electrons. The van der Waals surface area contributed by atoms with Crippen LogP contribution in [0.1, 0.15) is 48.3 Å². The Morgan fingerprint density at radius 3 is 2.96 bits per heavy atom. The topological polar surface area (TPSA) is 38.3 Å². The van der Waals surface area contributed by atoms with E-state index in [-0.39, 0.29) is 5.91 Å². The Balaban J connectivity index is 1.56. The van der Waals surface area contributed by atoms with Crippen molar-refractivity contribution in [2.45, 2.75) is 45.8 Å². The molecule has 0 saturated heterocycles. The SMILES string of the molecule is C[C@H]1[C@H](C)CCC[C@@H]1NC(=O)c1cc2c(s1)-c1ccccc1OC2. The van der Waals surface area contributed by atoms with Gasteiger partial charge in [0.1, 0.15) is 12.4 Å². The molecule has 1 saturated carbocycles. The van der Waals surface area contributed by atoms with Crippen molar-refractivity contribution >= 4 is 17.2 Å². The molecule has 0 spiro atoms. The van der Waals surface area contributed by atoms with Crippen molar-refractivity contribution in [3.8, 4) is 16.2 Å². The van der Waals surface area contributed by atoms with Gasteiger partial charge in [0.05, 0.1) is 4.88 Å². The third-order valence-corrected chi connectivity index (χ3v) is 6.78. The molecule has 1 aliphatic carbocycles. The van der Waals surface area contributed by atoms with Crippen molar-refractivity contribution < 1.29 is 9.53 Å². The summed E-state index contributed by atoms with van der Waals surface area (Å²) in [5.74, 6) is 2.20. The second-order valence-corrected chi connectivity index (χ2v) is 8.15. The molecule has 2 aliphatic rings. The van der Waals surface area contributed by atoms with Crippen molar-refractivity contribution in [3.63, 3.8) is 0 Å². The van der Waals surface area contributed by atoms with Gasteiger partial charge in [-0.3, -0.25) is 4.79 Å². The largest absolute Gasteiger partial charge is 0.488 e. The Morgan fingerprint density at radius 2 is 2.08 bits per heavy atom. The second kappa shape index (κ2) is 6.25. The summed E-state index contributed by atoms with van der Waals surface area (Å²) >= 11 is 1.58. The number of rotatable bonds is 2. The quantitative estimate of drug-likeness (QED) is 0.847. The predicted molar refractivity (Wildman–Crippen MR) is 97.5 cm³/mol. The lowest BCUT2D eigenvalue weighted by Gasteiger charge is -2.34. The Morgan fingerprint density at radius 1 is 1.25 bits per heavy atom. The average Bonchev–Trinajstić information content (AvgIpc) is 3.04. The number of amides is 1. The maximum absolute atomic E-state index is 12.8. The maximum Gasteiger partial charge on any atom is 0.261 e. The Hall–Kier alpha value is -1.81. The molecule has 0 radical (unpaired) electrons. The lowest BCUT2D eigenvalue weighted by Crippen LogP contribution is -2.43. The summed E-state index contributed by atoms with van der Waals surface area (Å²) in [4.78, 5) is 14.7. The molecule has 2 heterocycles. The highest BCUT2D eigenvalue weighted by Crippen LogP contribution is 2.42. The normalized spacial score (nSPS) is 25.3. The molecule has 0 unspecified atom stereocenters. The number of thiophene rings is 1. The van der Waals surface area contributed by atoms with E-state index in [0.29, 0.717) is 24.5 Å². The van der Waals surface area contributed by atoms with Gasteiger partial charge in [0.2, 0.25) is 0 Å². The van der Waals surface area contributed by atoms with Gasteiger partial charge in [0, 0.05) is 22.0 Å². The van der Waals surface area contributed by atoms with Crippen LogP contribution in [0, 0.1) is 11.8 Å². The fourth-order valence-corrected chi connectivity index (χ4v) is 4.94. The fourth-order valence-electron chi connectivity index (χ4n) is 3.84. The zero-order valence-corrected chi connectivity index (χ0v) is 15.0. The van der Waals surface area contributed by atoms with E-state index < -0.39 is 0 Å². The molecule has 4 heteroatoms. The van der Waals surface area contributed by atoms with Gasteiger partial charge in [-0.05, 0) is 36.5 Å². The molecule has 1 N–H and O–H groups in total. The maximum atomic E-state index is 12.8. The van der Waals surface area contributed by atoms with Gasteiger partial charge < -0.3 is 10.1 Å². The lowest BCUT2D eigenvalue weighted by molar-refractivity contribution is 0.0895. The standard InChI is InChI=1S/C20H23NO2S/c1-12-6-5-8-16(13(12)2)21-20(22)18-10-14-11-23-17-9-4-3-7-15(17)19(14)24-18/h3-4,7,9-10,12-13,16H,5-6,8,11H2,1-2H3,(H,21,22)/t12-,13+,16+/m1/s1. The molecule has 0 bridgehead atoms. The van der Waals surface area contributed by atoms with Gasteiger partial charge in [0.15, 0.2) is 0 Å². The third-order valence-electron chi connectivity index (χ3n) is 5.57. The van der Waals surface area contributed by atoms with Crippen molar-refractivity contribution in [1.82, 2.24) is 5.32 Å². The van der Waals surface area contributed by atoms with E-state index in [1.807, 2.05) is 24.3 Å². The van der Waals surface area contributed by atoms with E-state index in [2.05, 4.69) is 25.2 Å².